The molecule has 1 heterocycles. The van der Waals surface area contributed by atoms with E-state index in [0.29, 0.717) is 11.4 Å². The van der Waals surface area contributed by atoms with Crippen LogP contribution in [0.15, 0.2) is 12.1 Å². The predicted molar refractivity (Wildman–Crippen MR) is 55.8 cm³/mol. The van der Waals surface area contributed by atoms with E-state index in [1.54, 1.807) is 12.1 Å². The third-order valence-corrected chi connectivity index (χ3v) is 1.60. The molecule has 1 aromatic rings. The van der Waals surface area contributed by atoms with Gasteiger partial charge in [0.1, 0.15) is 5.84 Å². The van der Waals surface area contributed by atoms with Crippen LogP contribution < -0.4 is 10.5 Å². The van der Waals surface area contributed by atoms with E-state index in [0.717, 1.165) is 5.69 Å². The monoisotopic (exact) mass is 193 g/mol. The summed E-state index contributed by atoms with van der Waals surface area (Å²) >= 11 is 0. The van der Waals surface area contributed by atoms with E-state index in [1.165, 1.54) is 0 Å². The van der Waals surface area contributed by atoms with Gasteiger partial charge in [-0.2, -0.15) is 0 Å². The van der Waals surface area contributed by atoms with Gasteiger partial charge in [0.15, 0.2) is 0 Å². The Balaban J connectivity index is 3.01. The van der Waals surface area contributed by atoms with Gasteiger partial charge < -0.3 is 10.5 Å². The van der Waals surface area contributed by atoms with Crippen LogP contribution in [0.3, 0.4) is 0 Å². The molecule has 0 aliphatic carbocycles. The van der Waals surface area contributed by atoms with Gasteiger partial charge in [-0.05, 0) is 26.8 Å². The van der Waals surface area contributed by atoms with Crippen molar-refractivity contribution in [2.75, 3.05) is 0 Å². The Bertz CT molecular complexity index is 347. The van der Waals surface area contributed by atoms with Crippen LogP contribution in [-0.4, -0.2) is 16.9 Å². The lowest BCUT2D eigenvalue weighted by Gasteiger charge is -2.10. The van der Waals surface area contributed by atoms with Gasteiger partial charge in [-0.3, -0.25) is 5.41 Å². The summed E-state index contributed by atoms with van der Waals surface area (Å²) in [5, 5.41) is 7.31. The second-order valence-electron chi connectivity index (χ2n) is 3.42. The highest BCUT2D eigenvalue weighted by Gasteiger charge is 2.04. The number of amidine groups is 1. The molecule has 0 aromatic carbocycles. The van der Waals surface area contributed by atoms with Gasteiger partial charge in [-0.25, -0.2) is 4.98 Å². The highest BCUT2D eigenvalue weighted by Crippen LogP contribution is 2.13. The van der Waals surface area contributed by atoms with E-state index >= 15 is 0 Å². The van der Waals surface area contributed by atoms with Crippen molar-refractivity contribution in [3.63, 3.8) is 0 Å². The number of aromatic nitrogens is 1. The fourth-order valence-corrected chi connectivity index (χ4v) is 1.10. The number of pyridine rings is 1. The van der Waals surface area contributed by atoms with Crippen molar-refractivity contribution in [1.82, 2.24) is 4.98 Å². The van der Waals surface area contributed by atoms with E-state index in [-0.39, 0.29) is 11.9 Å². The van der Waals surface area contributed by atoms with Crippen molar-refractivity contribution in [3.05, 3.63) is 23.4 Å². The van der Waals surface area contributed by atoms with E-state index in [1.807, 2.05) is 20.8 Å². The molecule has 0 atom stereocenters. The first kappa shape index (κ1) is 10.5. The first-order valence-electron chi connectivity index (χ1n) is 4.49. The number of nitrogen functional groups attached to an aromatic ring is 1. The summed E-state index contributed by atoms with van der Waals surface area (Å²) in [6.45, 7) is 5.70. The smallest absolute Gasteiger partial charge is 0.214 e. The molecular weight excluding hydrogens is 178 g/mol. The van der Waals surface area contributed by atoms with Crippen molar-refractivity contribution in [2.45, 2.75) is 26.9 Å². The standard InChI is InChI=1S/C10H15N3O/c1-6(2)14-9-5-8(10(11)12)4-7(3)13-9/h4-6H,1-3H3,(H3,11,12). The molecule has 0 saturated carbocycles. The number of hydrogen-bond donors (Lipinski definition) is 2. The molecule has 3 N–H and O–H groups in total. The first-order valence-corrected chi connectivity index (χ1v) is 4.49. The fourth-order valence-electron chi connectivity index (χ4n) is 1.10. The molecule has 0 saturated heterocycles. The minimum absolute atomic E-state index is 0.0316. The molecule has 1 rings (SSSR count). The highest BCUT2D eigenvalue weighted by molar-refractivity contribution is 5.95. The molecule has 0 aliphatic rings. The number of ether oxygens (including phenoxy) is 1. The SMILES string of the molecule is Cc1cc(C(=N)N)cc(OC(C)C)n1. The molecule has 4 heteroatoms. The van der Waals surface area contributed by atoms with Crippen LogP contribution in [0.1, 0.15) is 25.1 Å². The topological polar surface area (TPSA) is 72.0 Å². The molecule has 0 fully saturated rings. The Labute approximate surface area is 83.6 Å². The number of nitrogens with zero attached hydrogens (tertiary/aromatic N) is 1. The third-order valence-electron chi connectivity index (χ3n) is 1.60. The third kappa shape index (κ3) is 2.73. The summed E-state index contributed by atoms with van der Waals surface area (Å²) in [6, 6.07) is 3.44. The van der Waals surface area contributed by atoms with Crippen LogP contribution >= 0.6 is 0 Å². The maximum atomic E-state index is 7.31. The molecule has 4 nitrogen and oxygen atoms in total. The fraction of sp³-hybridized carbons (Fsp3) is 0.400. The summed E-state index contributed by atoms with van der Waals surface area (Å²) in [4.78, 5) is 4.18. The summed E-state index contributed by atoms with van der Waals surface area (Å²) in [5.74, 6) is 0.550. The summed E-state index contributed by atoms with van der Waals surface area (Å²) < 4.78 is 5.42. The van der Waals surface area contributed by atoms with Crippen molar-refractivity contribution in [1.29, 1.82) is 5.41 Å². The van der Waals surface area contributed by atoms with Gasteiger partial charge in [0, 0.05) is 17.3 Å². The van der Waals surface area contributed by atoms with Gasteiger partial charge >= 0.3 is 0 Å². The summed E-state index contributed by atoms with van der Waals surface area (Å²) in [7, 11) is 0. The number of hydrogen-bond acceptors (Lipinski definition) is 3. The minimum atomic E-state index is 0.0316. The van der Waals surface area contributed by atoms with E-state index in [2.05, 4.69) is 4.98 Å². The van der Waals surface area contributed by atoms with Crippen molar-refractivity contribution in [3.8, 4) is 5.88 Å². The van der Waals surface area contributed by atoms with Crippen LogP contribution in [0.2, 0.25) is 0 Å². The van der Waals surface area contributed by atoms with Gasteiger partial charge in [0.2, 0.25) is 5.88 Å². The van der Waals surface area contributed by atoms with Crippen LogP contribution in [0, 0.1) is 12.3 Å². The van der Waals surface area contributed by atoms with Gasteiger partial charge in [-0.15, -0.1) is 0 Å². The Morgan fingerprint density at radius 1 is 1.50 bits per heavy atom. The highest BCUT2D eigenvalue weighted by atomic mass is 16.5. The van der Waals surface area contributed by atoms with Crippen LogP contribution in [0.25, 0.3) is 0 Å². The number of nitrogens with one attached hydrogen (secondary N) is 1. The second-order valence-corrected chi connectivity index (χ2v) is 3.42. The average molecular weight is 193 g/mol. The summed E-state index contributed by atoms with van der Waals surface area (Å²) in [5.41, 5.74) is 6.83. The lowest BCUT2D eigenvalue weighted by atomic mass is 10.2. The average Bonchev–Trinajstić information content (AvgIpc) is 2.01. The van der Waals surface area contributed by atoms with Crippen LogP contribution in [0.5, 0.6) is 5.88 Å². The molecule has 76 valence electrons. The lowest BCUT2D eigenvalue weighted by molar-refractivity contribution is 0.232. The Morgan fingerprint density at radius 2 is 2.14 bits per heavy atom. The van der Waals surface area contributed by atoms with Crippen molar-refractivity contribution >= 4 is 5.84 Å². The predicted octanol–water partition coefficient (Wildman–Crippen LogP) is 1.46. The Hall–Kier alpha value is -1.58. The first-order chi connectivity index (χ1) is 6.49. The van der Waals surface area contributed by atoms with Gasteiger partial charge in [-0.1, -0.05) is 0 Å². The second kappa shape index (κ2) is 4.09. The normalized spacial score (nSPS) is 10.3. The quantitative estimate of drug-likeness (QED) is 0.564. The van der Waals surface area contributed by atoms with E-state index in [4.69, 9.17) is 15.9 Å². The zero-order chi connectivity index (χ0) is 10.7. The molecule has 0 bridgehead atoms. The molecule has 1 aromatic heterocycles. The largest absolute Gasteiger partial charge is 0.475 e. The molecule has 14 heavy (non-hydrogen) atoms. The zero-order valence-corrected chi connectivity index (χ0v) is 8.66. The van der Waals surface area contributed by atoms with Crippen molar-refractivity contribution in [2.24, 2.45) is 5.73 Å². The number of aryl methyl sites for hydroxylation is 1. The maximum absolute atomic E-state index is 7.31. The molecule has 0 amide bonds. The Morgan fingerprint density at radius 3 is 2.64 bits per heavy atom. The maximum Gasteiger partial charge on any atom is 0.214 e. The minimum Gasteiger partial charge on any atom is -0.475 e. The number of rotatable bonds is 3. The molecule has 0 spiro atoms. The van der Waals surface area contributed by atoms with Gasteiger partial charge in [0.05, 0.1) is 6.10 Å². The van der Waals surface area contributed by atoms with Crippen LogP contribution in [-0.2, 0) is 0 Å². The zero-order valence-electron chi connectivity index (χ0n) is 8.66. The molecular formula is C10H15N3O. The van der Waals surface area contributed by atoms with E-state index in [9.17, 15) is 0 Å². The van der Waals surface area contributed by atoms with Crippen molar-refractivity contribution < 1.29 is 4.74 Å². The van der Waals surface area contributed by atoms with Gasteiger partial charge in [0.25, 0.3) is 0 Å². The Kier molecular flexibility index (Phi) is 3.06. The molecule has 0 unspecified atom stereocenters. The summed E-state index contributed by atoms with van der Waals surface area (Å²) in [6.07, 6.45) is 0.0732. The molecule has 0 aliphatic heterocycles. The number of nitrogens with two attached hydrogens (primary N) is 1. The molecule has 0 radical (unpaired) electrons. The van der Waals surface area contributed by atoms with E-state index < -0.39 is 0 Å². The van der Waals surface area contributed by atoms with Crippen LogP contribution in [0.4, 0.5) is 0 Å². The lowest BCUT2D eigenvalue weighted by Crippen LogP contribution is -2.13.